The second-order valence-electron chi connectivity index (χ2n) is 5.91. The molecule has 8 nitrogen and oxygen atoms in total. The van der Waals surface area contributed by atoms with Crippen LogP contribution in [0, 0.1) is 10.1 Å². The van der Waals surface area contributed by atoms with Gasteiger partial charge in [-0.1, -0.05) is 23.5 Å². The molecule has 1 aromatic heterocycles. The fraction of sp³-hybridized carbons (Fsp3) is 0.200. The van der Waals surface area contributed by atoms with Crippen LogP contribution in [0.5, 0.6) is 11.5 Å². The Kier molecular flexibility index (Phi) is 6.08. The Morgan fingerprint density at radius 1 is 1.24 bits per heavy atom. The highest BCUT2D eigenvalue weighted by Crippen LogP contribution is 2.35. The van der Waals surface area contributed by atoms with E-state index in [-0.39, 0.29) is 5.69 Å². The molecule has 0 fully saturated rings. The number of non-ortho nitro benzene ring substituents is 1. The normalized spacial score (nSPS) is 11.9. The van der Waals surface area contributed by atoms with Gasteiger partial charge in [-0.05, 0) is 30.7 Å². The summed E-state index contributed by atoms with van der Waals surface area (Å²) in [5.41, 5.74) is 1.32. The van der Waals surface area contributed by atoms with Gasteiger partial charge in [0, 0.05) is 24.8 Å². The number of fused-ring (bicyclic) bond motifs is 1. The highest BCUT2D eigenvalue weighted by molar-refractivity contribution is 7.16. The van der Waals surface area contributed by atoms with Crippen molar-refractivity contribution in [2.45, 2.75) is 13.5 Å². The molecule has 0 saturated heterocycles. The maximum Gasteiger partial charge on any atom is 0.272 e. The van der Waals surface area contributed by atoms with Gasteiger partial charge < -0.3 is 14.0 Å². The average Bonchev–Trinajstić information content (AvgIpc) is 3.09. The number of amides is 1. The smallest absolute Gasteiger partial charge is 0.272 e. The molecule has 0 aliphatic heterocycles. The van der Waals surface area contributed by atoms with Crippen molar-refractivity contribution in [2.24, 2.45) is 4.99 Å². The number of rotatable bonds is 6. The second kappa shape index (κ2) is 8.70. The minimum atomic E-state index is -0.480. The highest BCUT2D eigenvalue weighted by atomic mass is 32.1. The van der Waals surface area contributed by atoms with Crippen LogP contribution in [-0.2, 0) is 11.3 Å². The molecular formula is C20H19N3O5S. The van der Waals surface area contributed by atoms with E-state index in [0.29, 0.717) is 28.4 Å². The summed E-state index contributed by atoms with van der Waals surface area (Å²) in [6.45, 7) is 2.54. The minimum absolute atomic E-state index is 0.0379. The fourth-order valence-electron chi connectivity index (χ4n) is 2.87. The van der Waals surface area contributed by atoms with Gasteiger partial charge in [-0.3, -0.25) is 14.9 Å². The molecule has 1 amide bonds. The first-order valence-corrected chi connectivity index (χ1v) is 9.55. The molecule has 9 heteroatoms. The molecule has 1 heterocycles. The van der Waals surface area contributed by atoms with Crippen molar-refractivity contribution in [3.8, 4) is 11.5 Å². The number of hydrogen-bond acceptors (Lipinski definition) is 6. The maximum absolute atomic E-state index is 12.4. The van der Waals surface area contributed by atoms with Gasteiger partial charge in [-0.2, -0.15) is 4.99 Å². The summed E-state index contributed by atoms with van der Waals surface area (Å²) in [4.78, 5) is 27.5. The predicted molar refractivity (Wildman–Crippen MR) is 111 cm³/mol. The summed E-state index contributed by atoms with van der Waals surface area (Å²) in [6.07, 6.45) is 2.79. The van der Waals surface area contributed by atoms with Crippen LogP contribution in [0.1, 0.15) is 12.5 Å². The highest BCUT2D eigenvalue weighted by Gasteiger charge is 2.15. The van der Waals surface area contributed by atoms with Crippen LogP contribution in [0.4, 0.5) is 5.69 Å². The van der Waals surface area contributed by atoms with Crippen LogP contribution in [0.15, 0.2) is 47.5 Å². The van der Waals surface area contributed by atoms with Crippen LogP contribution < -0.4 is 14.3 Å². The lowest BCUT2D eigenvalue weighted by Crippen LogP contribution is -2.15. The van der Waals surface area contributed by atoms with Gasteiger partial charge in [0.15, 0.2) is 4.80 Å². The molecule has 0 radical (unpaired) electrons. The third-order valence-electron chi connectivity index (χ3n) is 4.21. The predicted octanol–water partition coefficient (Wildman–Crippen LogP) is 3.79. The van der Waals surface area contributed by atoms with Crippen molar-refractivity contribution < 1.29 is 19.2 Å². The van der Waals surface area contributed by atoms with E-state index in [1.807, 2.05) is 23.6 Å². The Morgan fingerprint density at radius 3 is 2.62 bits per heavy atom. The Hall–Kier alpha value is -3.46. The zero-order chi connectivity index (χ0) is 21.0. The van der Waals surface area contributed by atoms with Gasteiger partial charge in [-0.15, -0.1) is 0 Å². The number of nitro benzene ring substituents is 1. The lowest BCUT2D eigenvalue weighted by atomic mass is 10.2. The van der Waals surface area contributed by atoms with Crippen molar-refractivity contribution in [3.05, 3.63) is 63.0 Å². The summed E-state index contributed by atoms with van der Waals surface area (Å²) in [6, 6.07) is 9.66. The maximum atomic E-state index is 12.4. The zero-order valence-electron chi connectivity index (χ0n) is 16.1. The first kappa shape index (κ1) is 20.3. The Labute approximate surface area is 170 Å². The van der Waals surface area contributed by atoms with E-state index in [2.05, 4.69) is 4.99 Å². The Bertz CT molecular complexity index is 1180. The molecule has 0 atom stereocenters. The van der Waals surface area contributed by atoms with Gasteiger partial charge in [0.25, 0.3) is 11.6 Å². The van der Waals surface area contributed by atoms with Crippen molar-refractivity contribution in [3.63, 3.8) is 0 Å². The molecule has 0 unspecified atom stereocenters. The molecule has 0 aliphatic rings. The SMILES string of the molecule is CCn1c(=NC(=O)C=Cc2cccc([N+](=O)[O-])c2)sc2c(OC)ccc(OC)c21. The van der Waals surface area contributed by atoms with Crippen LogP contribution in [0.3, 0.4) is 0 Å². The molecule has 0 N–H and O–H groups in total. The van der Waals surface area contributed by atoms with Crippen molar-refractivity contribution in [2.75, 3.05) is 14.2 Å². The number of carbonyl (C=O) groups is 1. The lowest BCUT2D eigenvalue weighted by Gasteiger charge is -2.08. The van der Waals surface area contributed by atoms with E-state index in [1.165, 1.54) is 35.6 Å². The molecule has 0 aliphatic carbocycles. The van der Waals surface area contributed by atoms with E-state index in [9.17, 15) is 14.9 Å². The molecule has 3 rings (SSSR count). The number of aromatic nitrogens is 1. The number of methoxy groups -OCH3 is 2. The van der Waals surface area contributed by atoms with Gasteiger partial charge in [-0.25, -0.2) is 0 Å². The van der Waals surface area contributed by atoms with Gasteiger partial charge in [0.1, 0.15) is 21.7 Å². The first-order chi connectivity index (χ1) is 14.0. The van der Waals surface area contributed by atoms with Crippen LogP contribution in [-0.4, -0.2) is 29.6 Å². The Morgan fingerprint density at radius 2 is 1.97 bits per heavy atom. The summed E-state index contributed by atoms with van der Waals surface area (Å²) in [5, 5.41) is 10.9. The molecular weight excluding hydrogens is 394 g/mol. The van der Waals surface area contributed by atoms with Crippen molar-refractivity contribution in [1.82, 2.24) is 4.57 Å². The summed E-state index contributed by atoms with van der Waals surface area (Å²) < 4.78 is 13.6. The first-order valence-electron chi connectivity index (χ1n) is 8.74. The minimum Gasteiger partial charge on any atom is -0.495 e. The molecule has 29 heavy (non-hydrogen) atoms. The summed E-state index contributed by atoms with van der Waals surface area (Å²) in [7, 11) is 3.17. The van der Waals surface area contributed by atoms with E-state index in [1.54, 1.807) is 26.4 Å². The fourth-order valence-corrected chi connectivity index (χ4v) is 4.08. The van der Waals surface area contributed by atoms with Gasteiger partial charge in [0.05, 0.1) is 19.1 Å². The van der Waals surface area contributed by atoms with Gasteiger partial charge in [0.2, 0.25) is 0 Å². The van der Waals surface area contributed by atoms with Crippen LogP contribution >= 0.6 is 11.3 Å². The monoisotopic (exact) mass is 413 g/mol. The number of ether oxygens (including phenoxy) is 2. The van der Waals surface area contributed by atoms with Crippen LogP contribution in [0.25, 0.3) is 16.3 Å². The standard InChI is InChI=1S/C20H19N3O5S/c1-4-22-18-15(27-2)9-10-16(28-3)19(18)29-20(22)21-17(24)11-8-13-6-5-7-14(12-13)23(25)26/h5-12H,4H2,1-3H3. The van der Waals surface area contributed by atoms with Crippen molar-refractivity contribution >= 4 is 39.2 Å². The third kappa shape index (κ3) is 4.19. The molecule has 3 aromatic rings. The van der Waals surface area contributed by atoms with Crippen molar-refractivity contribution in [1.29, 1.82) is 0 Å². The number of nitro groups is 1. The number of aryl methyl sites for hydroxylation is 1. The topological polar surface area (TPSA) is 96.0 Å². The molecule has 2 aromatic carbocycles. The van der Waals surface area contributed by atoms with E-state index in [4.69, 9.17) is 9.47 Å². The number of nitrogens with zero attached hydrogens (tertiary/aromatic N) is 3. The Balaban J connectivity index is 2.02. The number of thiazole rings is 1. The third-order valence-corrected chi connectivity index (χ3v) is 5.31. The van der Waals surface area contributed by atoms with Crippen LogP contribution in [0.2, 0.25) is 0 Å². The number of hydrogen-bond donors (Lipinski definition) is 0. The van der Waals surface area contributed by atoms with Gasteiger partial charge >= 0.3 is 0 Å². The average molecular weight is 413 g/mol. The second-order valence-corrected chi connectivity index (χ2v) is 6.89. The number of benzene rings is 2. The summed E-state index contributed by atoms with van der Waals surface area (Å²) >= 11 is 1.33. The zero-order valence-corrected chi connectivity index (χ0v) is 16.9. The number of carbonyl (C=O) groups excluding carboxylic acids is 1. The summed E-state index contributed by atoms with van der Waals surface area (Å²) in [5.74, 6) is 0.872. The molecule has 0 saturated carbocycles. The lowest BCUT2D eigenvalue weighted by molar-refractivity contribution is -0.384. The van der Waals surface area contributed by atoms with E-state index in [0.717, 1.165) is 10.2 Å². The quantitative estimate of drug-likeness (QED) is 0.348. The molecule has 150 valence electrons. The van der Waals surface area contributed by atoms with E-state index >= 15 is 0 Å². The molecule has 0 spiro atoms. The van der Waals surface area contributed by atoms with E-state index < -0.39 is 10.8 Å². The largest absolute Gasteiger partial charge is 0.495 e. The molecule has 0 bridgehead atoms.